The summed E-state index contributed by atoms with van der Waals surface area (Å²) in [5.74, 6) is -0.0718. The normalized spacial score (nSPS) is 10.4. The van der Waals surface area contributed by atoms with Crippen molar-refractivity contribution in [1.29, 1.82) is 0 Å². The average Bonchev–Trinajstić information content (AvgIpc) is 2.94. The molecular formula is C14H16N2O2S. The number of nitrogens with one attached hydrogen (secondary N) is 1. The van der Waals surface area contributed by atoms with E-state index in [1.807, 2.05) is 30.3 Å². The molecule has 0 bridgehead atoms. The molecule has 0 fully saturated rings. The molecule has 0 saturated heterocycles. The van der Waals surface area contributed by atoms with E-state index in [9.17, 15) is 4.79 Å². The highest BCUT2D eigenvalue weighted by Gasteiger charge is 2.15. The Hall–Kier alpha value is -1.72. The Morgan fingerprint density at radius 1 is 1.37 bits per heavy atom. The lowest BCUT2D eigenvalue weighted by atomic mass is 10.1. The molecule has 1 amide bonds. The standard InChI is InChI=1S/C14H16N2O2S/c1-18-9-5-8-15-14(17)13-12(16-10-19-13)11-6-3-2-4-7-11/h2-4,6-7,10H,5,8-9H2,1H3,(H,15,17). The SMILES string of the molecule is COCCCNC(=O)c1scnc1-c1ccccc1. The zero-order valence-corrected chi connectivity index (χ0v) is 11.6. The maximum absolute atomic E-state index is 12.1. The van der Waals surface area contributed by atoms with Crippen LogP contribution in [0.15, 0.2) is 35.8 Å². The predicted octanol–water partition coefficient (Wildman–Crippen LogP) is 2.58. The fraction of sp³-hybridized carbons (Fsp3) is 0.286. The lowest BCUT2D eigenvalue weighted by molar-refractivity contribution is 0.0953. The summed E-state index contributed by atoms with van der Waals surface area (Å²) in [6.07, 6.45) is 0.807. The number of carbonyl (C=O) groups excluding carboxylic acids is 1. The summed E-state index contributed by atoms with van der Waals surface area (Å²) in [6.45, 7) is 1.26. The summed E-state index contributed by atoms with van der Waals surface area (Å²) < 4.78 is 4.95. The molecule has 0 spiro atoms. The van der Waals surface area contributed by atoms with Gasteiger partial charge in [0.05, 0.1) is 11.2 Å². The van der Waals surface area contributed by atoms with Crippen LogP contribution in [0.25, 0.3) is 11.3 Å². The number of nitrogens with zero attached hydrogens (tertiary/aromatic N) is 1. The first-order valence-corrected chi connectivity index (χ1v) is 6.97. The van der Waals surface area contributed by atoms with Crippen LogP contribution in [0.1, 0.15) is 16.1 Å². The van der Waals surface area contributed by atoms with Gasteiger partial charge in [0.15, 0.2) is 0 Å². The Morgan fingerprint density at radius 2 is 2.16 bits per heavy atom. The molecular weight excluding hydrogens is 260 g/mol. The van der Waals surface area contributed by atoms with Gasteiger partial charge < -0.3 is 10.1 Å². The van der Waals surface area contributed by atoms with Gasteiger partial charge in [-0.15, -0.1) is 11.3 Å². The van der Waals surface area contributed by atoms with Crippen LogP contribution in [-0.4, -0.2) is 31.2 Å². The Labute approximate surface area is 116 Å². The second-order valence-corrected chi connectivity index (χ2v) is 4.85. The summed E-state index contributed by atoms with van der Waals surface area (Å²) in [5.41, 5.74) is 3.41. The second kappa shape index (κ2) is 7.01. The van der Waals surface area contributed by atoms with Crippen molar-refractivity contribution in [3.05, 3.63) is 40.7 Å². The van der Waals surface area contributed by atoms with E-state index in [2.05, 4.69) is 10.3 Å². The monoisotopic (exact) mass is 276 g/mol. The smallest absolute Gasteiger partial charge is 0.263 e. The van der Waals surface area contributed by atoms with Gasteiger partial charge in [0.2, 0.25) is 0 Å². The van der Waals surface area contributed by atoms with E-state index >= 15 is 0 Å². The molecule has 2 rings (SSSR count). The molecule has 0 aliphatic rings. The van der Waals surface area contributed by atoms with Crippen molar-refractivity contribution in [1.82, 2.24) is 10.3 Å². The van der Waals surface area contributed by atoms with Gasteiger partial charge in [-0.25, -0.2) is 4.98 Å². The first-order valence-electron chi connectivity index (χ1n) is 6.09. The van der Waals surface area contributed by atoms with Gasteiger partial charge >= 0.3 is 0 Å². The lowest BCUT2D eigenvalue weighted by Gasteiger charge is -2.05. The van der Waals surface area contributed by atoms with Crippen LogP contribution in [0.4, 0.5) is 0 Å². The van der Waals surface area contributed by atoms with Crippen molar-refractivity contribution in [3.63, 3.8) is 0 Å². The van der Waals surface area contributed by atoms with E-state index in [0.29, 0.717) is 18.0 Å². The fourth-order valence-corrected chi connectivity index (χ4v) is 2.43. The molecule has 0 radical (unpaired) electrons. The van der Waals surface area contributed by atoms with Crippen LogP contribution < -0.4 is 5.32 Å². The first-order chi connectivity index (χ1) is 9.33. The van der Waals surface area contributed by atoms with E-state index in [1.54, 1.807) is 12.6 Å². The number of hydrogen-bond donors (Lipinski definition) is 1. The van der Waals surface area contributed by atoms with Crippen LogP contribution in [0.3, 0.4) is 0 Å². The van der Waals surface area contributed by atoms with Crippen LogP contribution in [0.2, 0.25) is 0 Å². The highest BCUT2D eigenvalue weighted by Crippen LogP contribution is 2.24. The van der Waals surface area contributed by atoms with Gasteiger partial charge in [0.25, 0.3) is 5.91 Å². The topological polar surface area (TPSA) is 51.2 Å². The van der Waals surface area contributed by atoms with Crippen molar-refractivity contribution in [2.24, 2.45) is 0 Å². The minimum absolute atomic E-state index is 0.0718. The van der Waals surface area contributed by atoms with Crippen LogP contribution in [0.5, 0.6) is 0 Å². The average molecular weight is 276 g/mol. The lowest BCUT2D eigenvalue weighted by Crippen LogP contribution is -2.24. The third-order valence-corrected chi connectivity index (χ3v) is 3.46. The highest BCUT2D eigenvalue weighted by molar-refractivity contribution is 7.12. The molecule has 1 aromatic carbocycles. The third kappa shape index (κ3) is 3.62. The predicted molar refractivity (Wildman–Crippen MR) is 76.4 cm³/mol. The molecule has 0 atom stereocenters. The number of aromatic nitrogens is 1. The summed E-state index contributed by atoms with van der Waals surface area (Å²) in [5, 5.41) is 2.88. The fourth-order valence-electron chi connectivity index (χ4n) is 1.71. The Balaban J connectivity index is 2.05. The van der Waals surface area contributed by atoms with E-state index in [1.165, 1.54) is 11.3 Å². The summed E-state index contributed by atoms with van der Waals surface area (Å²) in [4.78, 5) is 17.0. The molecule has 19 heavy (non-hydrogen) atoms. The highest BCUT2D eigenvalue weighted by atomic mass is 32.1. The molecule has 0 aliphatic heterocycles. The number of amides is 1. The maximum atomic E-state index is 12.1. The van der Waals surface area contributed by atoms with Crippen molar-refractivity contribution in [2.75, 3.05) is 20.3 Å². The number of benzene rings is 1. The van der Waals surface area contributed by atoms with Gasteiger partial charge in [-0.2, -0.15) is 0 Å². The van der Waals surface area contributed by atoms with Crippen molar-refractivity contribution in [2.45, 2.75) is 6.42 Å². The molecule has 0 saturated carbocycles. The van der Waals surface area contributed by atoms with Crippen LogP contribution in [0, 0.1) is 0 Å². The molecule has 2 aromatic rings. The Bertz CT molecular complexity index is 525. The number of carbonyl (C=O) groups is 1. The molecule has 1 heterocycles. The van der Waals surface area contributed by atoms with Crippen molar-refractivity contribution >= 4 is 17.2 Å². The molecule has 1 aromatic heterocycles. The van der Waals surface area contributed by atoms with Gasteiger partial charge in [0.1, 0.15) is 4.88 Å². The van der Waals surface area contributed by atoms with Crippen LogP contribution >= 0.6 is 11.3 Å². The van der Waals surface area contributed by atoms with Gasteiger partial charge in [-0.05, 0) is 6.42 Å². The first kappa shape index (κ1) is 13.7. The maximum Gasteiger partial charge on any atom is 0.263 e. The zero-order chi connectivity index (χ0) is 13.5. The van der Waals surface area contributed by atoms with Crippen molar-refractivity contribution < 1.29 is 9.53 Å². The summed E-state index contributed by atoms with van der Waals surface area (Å²) in [6, 6.07) is 9.73. The van der Waals surface area contributed by atoms with Gasteiger partial charge in [0, 0.05) is 25.8 Å². The molecule has 100 valence electrons. The minimum Gasteiger partial charge on any atom is -0.385 e. The number of thiazole rings is 1. The zero-order valence-electron chi connectivity index (χ0n) is 10.8. The van der Waals surface area contributed by atoms with E-state index in [-0.39, 0.29) is 5.91 Å². The number of rotatable bonds is 6. The number of methoxy groups -OCH3 is 1. The Morgan fingerprint density at radius 3 is 2.89 bits per heavy atom. The van der Waals surface area contributed by atoms with E-state index < -0.39 is 0 Å². The minimum atomic E-state index is -0.0718. The Kier molecular flexibility index (Phi) is 5.06. The van der Waals surface area contributed by atoms with Gasteiger partial charge in [-0.3, -0.25) is 4.79 Å². The second-order valence-electron chi connectivity index (χ2n) is 4.00. The van der Waals surface area contributed by atoms with Crippen LogP contribution in [-0.2, 0) is 4.74 Å². The van der Waals surface area contributed by atoms with E-state index in [0.717, 1.165) is 17.7 Å². The third-order valence-electron chi connectivity index (χ3n) is 2.63. The number of ether oxygens (including phenoxy) is 1. The van der Waals surface area contributed by atoms with Gasteiger partial charge in [-0.1, -0.05) is 30.3 Å². The number of hydrogen-bond acceptors (Lipinski definition) is 4. The quantitative estimate of drug-likeness (QED) is 0.825. The summed E-state index contributed by atoms with van der Waals surface area (Å²) >= 11 is 1.36. The summed E-state index contributed by atoms with van der Waals surface area (Å²) in [7, 11) is 1.65. The molecule has 0 unspecified atom stereocenters. The van der Waals surface area contributed by atoms with E-state index in [4.69, 9.17) is 4.74 Å². The van der Waals surface area contributed by atoms with Crippen molar-refractivity contribution in [3.8, 4) is 11.3 Å². The molecule has 1 N–H and O–H groups in total. The largest absolute Gasteiger partial charge is 0.385 e. The molecule has 5 heteroatoms. The molecule has 4 nitrogen and oxygen atoms in total. The molecule has 0 aliphatic carbocycles.